The fourth-order valence-corrected chi connectivity index (χ4v) is 2.28. The van der Waals surface area contributed by atoms with Crippen LogP contribution in [0.2, 0.25) is 0 Å². The number of halogens is 1. The summed E-state index contributed by atoms with van der Waals surface area (Å²) in [6.45, 7) is 8.43. The molecule has 1 heterocycles. The van der Waals surface area contributed by atoms with Crippen LogP contribution in [0.1, 0.15) is 31.7 Å². The van der Waals surface area contributed by atoms with Gasteiger partial charge in [0, 0.05) is 13.5 Å². The van der Waals surface area contributed by atoms with Crippen molar-refractivity contribution < 1.29 is 0 Å². The van der Waals surface area contributed by atoms with Crippen molar-refractivity contribution in [2.75, 3.05) is 13.1 Å². The summed E-state index contributed by atoms with van der Waals surface area (Å²) >= 11 is 3.60. The number of hydrogen-bond acceptors (Lipinski definition) is 2. The summed E-state index contributed by atoms with van der Waals surface area (Å²) in [4.78, 5) is 0. The van der Waals surface area contributed by atoms with Gasteiger partial charge in [0.25, 0.3) is 0 Å². The fourth-order valence-electron chi connectivity index (χ4n) is 1.81. The SMILES string of the molecule is CCNCCC=C(C)Cc1c(Br)c(C)nn1C. The van der Waals surface area contributed by atoms with Gasteiger partial charge in [-0.05, 0) is 49.3 Å². The quantitative estimate of drug-likeness (QED) is 0.646. The van der Waals surface area contributed by atoms with Crippen LogP contribution in [0.15, 0.2) is 16.1 Å². The molecule has 0 atom stereocenters. The topological polar surface area (TPSA) is 29.9 Å². The van der Waals surface area contributed by atoms with Crippen molar-refractivity contribution in [3.8, 4) is 0 Å². The molecule has 0 bridgehead atoms. The maximum atomic E-state index is 4.40. The maximum absolute atomic E-state index is 4.40. The normalized spacial score (nSPS) is 12.2. The molecule has 0 radical (unpaired) electrons. The van der Waals surface area contributed by atoms with Gasteiger partial charge in [0.05, 0.1) is 15.9 Å². The second-order valence-corrected chi connectivity index (χ2v) is 5.13. The van der Waals surface area contributed by atoms with E-state index in [4.69, 9.17) is 0 Å². The number of nitrogens with zero attached hydrogens (tertiary/aromatic N) is 2. The van der Waals surface area contributed by atoms with Crippen LogP contribution in [-0.2, 0) is 13.5 Å². The van der Waals surface area contributed by atoms with E-state index in [1.165, 1.54) is 11.3 Å². The van der Waals surface area contributed by atoms with Crippen LogP contribution in [0.4, 0.5) is 0 Å². The Balaban J connectivity index is 2.58. The van der Waals surface area contributed by atoms with Gasteiger partial charge in [0.15, 0.2) is 0 Å². The molecule has 4 heteroatoms. The van der Waals surface area contributed by atoms with Crippen LogP contribution >= 0.6 is 15.9 Å². The molecule has 0 saturated heterocycles. The van der Waals surface area contributed by atoms with E-state index in [2.05, 4.69) is 46.3 Å². The lowest BCUT2D eigenvalue weighted by Crippen LogP contribution is -2.13. The molecular formula is C13H22BrN3. The third-order valence-corrected chi connectivity index (χ3v) is 3.80. The summed E-state index contributed by atoms with van der Waals surface area (Å²) < 4.78 is 3.10. The molecule has 17 heavy (non-hydrogen) atoms. The lowest BCUT2D eigenvalue weighted by atomic mass is 10.1. The Bertz CT molecular complexity index is 394. The third kappa shape index (κ3) is 4.28. The van der Waals surface area contributed by atoms with Crippen molar-refractivity contribution in [3.05, 3.63) is 27.5 Å². The number of aryl methyl sites for hydroxylation is 2. The zero-order chi connectivity index (χ0) is 12.8. The Hall–Kier alpha value is -0.610. The molecule has 0 aliphatic carbocycles. The number of nitrogens with one attached hydrogen (secondary N) is 1. The minimum absolute atomic E-state index is 0.962. The van der Waals surface area contributed by atoms with Crippen molar-refractivity contribution in [3.63, 3.8) is 0 Å². The van der Waals surface area contributed by atoms with Crippen LogP contribution in [0, 0.1) is 6.92 Å². The molecule has 3 nitrogen and oxygen atoms in total. The van der Waals surface area contributed by atoms with Crippen LogP contribution in [0.25, 0.3) is 0 Å². The van der Waals surface area contributed by atoms with Gasteiger partial charge in [-0.25, -0.2) is 0 Å². The van der Waals surface area contributed by atoms with Crippen molar-refractivity contribution >= 4 is 15.9 Å². The third-order valence-electron chi connectivity index (χ3n) is 2.77. The average Bonchev–Trinajstić information content (AvgIpc) is 2.52. The summed E-state index contributed by atoms with van der Waals surface area (Å²) in [6.07, 6.45) is 4.36. The Kier molecular flexibility index (Phi) is 5.92. The van der Waals surface area contributed by atoms with E-state index in [-0.39, 0.29) is 0 Å². The van der Waals surface area contributed by atoms with Crippen LogP contribution in [-0.4, -0.2) is 22.9 Å². The summed E-state index contributed by atoms with van der Waals surface area (Å²) in [5, 5.41) is 7.73. The molecule has 0 aliphatic rings. The molecule has 1 rings (SSSR count). The van der Waals surface area contributed by atoms with Gasteiger partial charge in [-0.2, -0.15) is 5.10 Å². The van der Waals surface area contributed by atoms with Gasteiger partial charge in [-0.3, -0.25) is 4.68 Å². The number of rotatable bonds is 6. The predicted octanol–water partition coefficient (Wildman–Crippen LogP) is 2.98. The van der Waals surface area contributed by atoms with Crippen LogP contribution in [0.3, 0.4) is 0 Å². The van der Waals surface area contributed by atoms with Crippen molar-refractivity contribution in [2.24, 2.45) is 7.05 Å². The Morgan fingerprint density at radius 2 is 2.24 bits per heavy atom. The van der Waals surface area contributed by atoms with Crippen molar-refractivity contribution in [1.29, 1.82) is 0 Å². The van der Waals surface area contributed by atoms with E-state index >= 15 is 0 Å². The molecule has 0 aromatic carbocycles. The average molecular weight is 300 g/mol. The molecule has 1 aromatic rings. The van der Waals surface area contributed by atoms with E-state index in [0.29, 0.717) is 0 Å². The summed E-state index contributed by atoms with van der Waals surface area (Å²) in [6, 6.07) is 0. The van der Waals surface area contributed by atoms with Gasteiger partial charge in [-0.1, -0.05) is 18.6 Å². The fraction of sp³-hybridized carbons (Fsp3) is 0.615. The monoisotopic (exact) mass is 299 g/mol. The van der Waals surface area contributed by atoms with E-state index < -0.39 is 0 Å². The first kappa shape index (κ1) is 14.5. The van der Waals surface area contributed by atoms with E-state index in [1.807, 2.05) is 18.7 Å². The van der Waals surface area contributed by atoms with Gasteiger partial charge >= 0.3 is 0 Å². The molecule has 0 unspecified atom stereocenters. The van der Waals surface area contributed by atoms with Gasteiger partial charge < -0.3 is 5.32 Å². The molecule has 0 fully saturated rings. The highest BCUT2D eigenvalue weighted by atomic mass is 79.9. The maximum Gasteiger partial charge on any atom is 0.0738 e. The van der Waals surface area contributed by atoms with Gasteiger partial charge in [-0.15, -0.1) is 0 Å². The number of allylic oxidation sites excluding steroid dienone is 1. The first-order chi connectivity index (χ1) is 8.06. The molecule has 0 amide bonds. The largest absolute Gasteiger partial charge is 0.317 e. The second-order valence-electron chi connectivity index (χ2n) is 4.34. The molecule has 0 spiro atoms. The number of aromatic nitrogens is 2. The molecule has 0 saturated carbocycles. The van der Waals surface area contributed by atoms with Gasteiger partial charge in [0.1, 0.15) is 0 Å². The van der Waals surface area contributed by atoms with E-state index in [1.54, 1.807) is 0 Å². The number of hydrogen-bond donors (Lipinski definition) is 1. The second kappa shape index (κ2) is 6.97. The summed E-state index contributed by atoms with van der Waals surface area (Å²) in [5.41, 5.74) is 3.70. The standard InChI is InChI=1S/C13H22BrN3/c1-5-15-8-6-7-10(2)9-12-13(14)11(3)16-17(12)4/h7,15H,5-6,8-9H2,1-4H3. The zero-order valence-corrected chi connectivity index (χ0v) is 12.8. The molecular weight excluding hydrogens is 278 g/mol. The van der Waals surface area contributed by atoms with Crippen LogP contribution < -0.4 is 5.32 Å². The summed E-state index contributed by atoms with van der Waals surface area (Å²) in [7, 11) is 2.00. The molecule has 1 N–H and O–H groups in total. The Morgan fingerprint density at radius 3 is 2.76 bits per heavy atom. The molecule has 1 aromatic heterocycles. The zero-order valence-electron chi connectivity index (χ0n) is 11.2. The van der Waals surface area contributed by atoms with Crippen molar-refractivity contribution in [2.45, 2.75) is 33.6 Å². The lowest BCUT2D eigenvalue weighted by Gasteiger charge is -2.04. The highest BCUT2D eigenvalue weighted by Gasteiger charge is 2.10. The van der Waals surface area contributed by atoms with Crippen LogP contribution in [0.5, 0.6) is 0 Å². The van der Waals surface area contributed by atoms with Crippen molar-refractivity contribution in [1.82, 2.24) is 15.1 Å². The lowest BCUT2D eigenvalue weighted by molar-refractivity contribution is 0.708. The minimum atomic E-state index is 0.962. The Labute approximate surface area is 112 Å². The smallest absolute Gasteiger partial charge is 0.0738 e. The first-order valence-corrected chi connectivity index (χ1v) is 6.89. The van der Waals surface area contributed by atoms with E-state index in [9.17, 15) is 0 Å². The summed E-state index contributed by atoms with van der Waals surface area (Å²) in [5.74, 6) is 0. The highest BCUT2D eigenvalue weighted by molar-refractivity contribution is 9.10. The molecule has 96 valence electrons. The molecule has 0 aliphatic heterocycles. The minimum Gasteiger partial charge on any atom is -0.317 e. The van der Waals surface area contributed by atoms with E-state index in [0.717, 1.165) is 36.1 Å². The Morgan fingerprint density at radius 1 is 1.53 bits per heavy atom. The first-order valence-electron chi connectivity index (χ1n) is 6.10. The van der Waals surface area contributed by atoms with Gasteiger partial charge in [0.2, 0.25) is 0 Å². The predicted molar refractivity (Wildman–Crippen MR) is 76.3 cm³/mol. The highest BCUT2D eigenvalue weighted by Crippen LogP contribution is 2.22.